The van der Waals surface area contributed by atoms with E-state index in [9.17, 15) is 9.59 Å². The molecule has 0 radical (unpaired) electrons. The van der Waals surface area contributed by atoms with Crippen LogP contribution < -0.4 is 4.80 Å². The van der Waals surface area contributed by atoms with E-state index in [1.807, 2.05) is 50.2 Å². The van der Waals surface area contributed by atoms with E-state index in [-0.39, 0.29) is 18.4 Å². The predicted octanol–water partition coefficient (Wildman–Crippen LogP) is 3.85. The maximum absolute atomic E-state index is 12.4. The van der Waals surface area contributed by atoms with Crippen LogP contribution >= 0.6 is 23.1 Å². The molecule has 1 amide bonds. The molecule has 3 rings (SSSR count). The minimum atomic E-state index is -0.370. The molecule has 0 spiro atoms. The first-order valence-corrected chi connectivity index (χ1v) is 10.8. The molecule has 0 bridgehead atoms. The number of carbonyl (C=O) groups excluding carboxylic acids is 2. The molecular formula is C21H22N2O3S2. The van der Waals surface area contributed by atoms with Crippen molar-refractivity contribution >= 4 is 45.2 Å². The Hall–Kier alpha value is -2.38. The quantitative estimate of drug-likeness (QED) is 0.575. The van der Waals surface area contributed by atoms with Crippen LogP contribution in [0.15, 0.2) is 47.5 Å². The summed E-state index contributed by atoms with van der Waals surface area (Å²) in [5, 5.41) is 0. The van der Waals surface area contributed by atoms with E-state index in [2.05, 4.69) is 11.1 Å². The van der Waals surface area contributed by atoms with Crippen molar-refractivity contribution in [1.29, 1.82) is 0 Å². The summed E-state index contributed by atoms with van der Waals surface area (Å²) < 4.78 is 7.57. The lowest BCUT2D eigenvalue weighted by Crippen LogP contribution is -2.22. The third-order valence-corrected chi connectivity index (χ3v) is 6.40. The van der Waals surface area contributed by atoms with Crippen molar-refractivity contribution in [3.63, 3.8) is 0 Å². The molecule has 3 aromatic rings. The molecule has 0 aliphatic carbocycles. The fourth-order valence-corrected chi connectivity index (χ4v) is 4.62. The van der Waals surface area contributed by atoms with Crippen LogP contribution in [0.1, 0.15) is 16.7 Å². The van der Waals surface area contributed by atoms with Gasteiger partial charge in [0.1, 0.15) is 6.54 Å². The van der Waals surface area contributed by atoms with E-state index >= 15 is 0 Å². The van der Waals surface area contributed by atoms with Gasteiger partial charge >= 0.3 is 5.97 Å². The molecule has 7 heteroatoms. The van der Waals surface area contributed by atoms with Crippen LogP contribution in [0.3, 0.4) is 0 Å². The Morgan fingerprint density at radius 1 is 1.14 bits per heavy atom. The number of ether oxygens (including phenoxy) is 1. The molecule has 0 unspecified atom stereocenters. The highest BCUT2D eigenvalue weighted by Crippen LogP contribution is 2.22. The van der Waals surface area contributed by atoms with Crippen molar-refractivity contribution in [1.82, 2.24) is 4.57 Å². The van der Waals surface area contributed by atoms with Gasteiger partial charge in [0.05, 0.1) is 23.1 Å². The topological polar surface area (TPSA) is 60.7 Å². The number of rotatable bonds is 6. The van der Waals surface area contributed by atoms with E-state index in [0.29, 0.717) is 10.6 Å². The van der Waals surface area contributed by atoms with Crippen molar-refractivity contribution in [2.24, 2.45) is 4.99 Å². The molecule has 2 aromatic carbocycles. The molecule has 0 saturated carbocycles. The molecule has 0 fully saturated rings. The number of benzene rings is 2. The van der Waals surface area contributed by atoms with Crippen LogP contribution in [-0.4, -0.2) is 29.3 Å². The van der Waals surface area contributed by atoms with Crippen LogP contribution in [0.4, 0.5) is 0 Å². The number of carbonyl (C=O) groups is 2. The summed E-state index contributed by atoms with van der Waals surface area (Å²) in [6.45, 7) is 4.10. The third kappa shape index (κ3) is 4.91. The van der Waals surface area contributed by atoms with Crippen molar-refractivity contribution in [2.45, 2.75) is 26.1 Å². The van der Waals surface area contributed by atoms with Gasteiger partial charge in [0, 0.05) is 5.75 Å². The molecule has 0 saturated heterocycles. The van der Waals surface area contributed by atoms with Crippen molar-refractivity contribution in [3.8, 4) is 0 Å². The molecule has 146 valence electrons. The Bertz CT molecular complexity index is 1070. The highest BCUT2D eigenvalue weighted by atomic mass is 32.2. The van der Waals surface area contributed by atoms with Gasteiger partial charge in [-0.1, -0.05) is 41.7 Å². The Balaban J connectivity index is 1.86. The fraction of sp³-hybridized carbons (Fsp3) is 0.286. The lowest BCUT2D eigenvalue weighted by Gasteiger charge is -2.05. The SMILES string of the molecule is COC(=O)Cn1c(=NC(=O)CSCc2ccccc2)sc2cc(C)c(C)cc21. The molecule has 0 N–H and O–H groups in total. The maximum atomic E-state index is 12.4. The highest BCUT2D eigenvalue weighted by Gasteiger charge is 2.13. The molecule has 1 aromatic heterocycles. The summed E-state index contributed by atoms with van der Waals surface area (Å²) in [5.74, 6) is 0.471. The van der Waals surface area contributed by atoms with Gasteiger partial charge in [-0.25, -0.2) is 0 Å². The van der Waals surface area contributed by atoms with Gasteiger partial charge in [0.15, 0.2) is 4.80 Å². The number of methoxy groups -OCH3 is 1. The number of thioether (sulfide) groups is 1. The predicted molar refractivity (Wildman–Crippen MR) is 114 cm³/mol. The number of thiazole rings is 1. The minimum Gasteiger partial charge on any atom is -0.468 e. The largest absolute Gasteiger partial charge is 0.468 e. The molecule has 0 atom stereocenters. The first kappa shape index (κ1) is 20.4. The number of hydrogen-bond donors (Lipinski definition) is 0. The second-order valence-corrected chi connectivity index (χ2v) is 8.43. The summed E-state index contributed by atoms with van der Waals surface area (Å²) in [7, 11) is 1.36. The summed E-state index contributed by atoms with van der Waals surface area (Å²) in [5.41, 5.74) is 4.35. The van der Waals surface area contributed by atoms with Gasteiger partial charge in [0.25, 0.3) is 5.91 Å². The van der Waals surface area contributed by atoms with Gasteiger partial charge < -0.3 is 9.30 Å². The first-order chi connectivity index (χ1) is 13.5. The normalized spacial score (nSPS) is 11.8. The Kier molecular flexibility index (Phi) is 6.70. The van der Waals surface area contributed by atoms with E-state index in [0.717, 1.165) is 27.1 Å². The van der Waals surface area contributed by atoms with Crippen molar-refractivity contribution in [3.05, 3.63) is 64.0 Å². The van der Waals surface area contributed by atoms with Crippen LogP contribution in [0.2, 0.25) is 0 Å². The number of aromatic nitrogens is 1. The summed E-state index contributed by atoms with van der Waals surface area (Å²) in [6, 6.07) is 14.1. The summed E-state index contributed by atoms with van der Waals surface area (Å²) in [4.78, 5) is 29.1. The van der Waals surface area contributed by atoms with Crippen LogP contribution in [0.5, 0.6) is 0 Å². The Morgan fingerprint density at radius 2 is 1.86 bits per heavy atom. The minimum absolute atomic E-state index is 0.0300. The monoisotopic (exact) mass is 414 g/mol. The lowest BCUT2D eigenvalue weighted by atomic mass is 10.1. The van der Waals surface area contributed by atoms with E-state index in [1.54, 1.807) is 4.57 Å². The zero-order valence-corrected chi connectivity index (χ0v) is 17.7. The zero-order valence-electron chi connectivity index (χ0n) is 16.1. The third-order valence-electron chi connectivity index (χ3n) is 4.37. The molecule has 5 nitrogen and oxygen atoms in total. The average Bonchev–Trinajstić information content (AvgIpc) is 2.99. The lowest BCUT2D eigenvalue weighted by molar-refractivity contribution is -0.141. The summed E-state index contributed by atoms with van der Waals surface area (Å²) in [6.07, 6.45) is 0. The molecule has 0 aliphatic heterocycles. The Morgan fingerprint density at radius 3 is 2.57 bits per heavy atom. The van der Waals surface area contributed by atoms with E-state index < -0.39 is 0 Å². The van der Waals surface area contributed by atoms with E-state index in [4.69, 9.17) is 4.74 Å². The van der Waals surface area contributed by atoms with Gasteiger partial charge in [-0.05, 0) is 42.7 Å². The second-order valence-electron chi connectivity index (χ2n) is 6.44. The average molecular weight is 415 g/mol. The number of esters is 1. The zero-order chi connectivity index (χ0) is 20.1. The number of aryl methyl sites for hydroxylation is 2. The van der Waals surface area contributed by atoms with Gasteiger partial charge in [-0.3, -0.25) is 9.59 Å². The van der Waals surface area contributed by atoms with Crippen LogP contribution in [-0.2, 0) is 26.6 Å². The molecule has 1 heterocycles. The first-order valence-electron chi connectivity index (χ1n) is 8.84. The van der Waals surface area contributed by atoms with Crippen molar-refractivity contribution < 1.29 is 14.3 Å². The standard InChI is InChI=1S/C21H22N2O3S2/c1-14-9-17-18(10-15(14)2)28-21(23(17)11-20(25)26-3)22-19(24)13-27-12-16-7-5-4-6-8-16/h4-10H,11-13H2,1-3H3. The van der Waals surface area contributed by atoms with Crippen LogP contribution in [0, 0.1) is 13.8 Å². The van der Waals surface area contributed by atoms with Gasteiger partial charge in [-0.2, -0.15) is 4.99 Å². The maximum Gasteiger partial charge on any atom is 0.325 e. The van der Waals surface area contributed by atoms with Gasteiger partial charge in [0.2, 0.25) is 0 Å². The number of hydrogen-bond acceptors (Lipinski definition) is 5. The number of nitrogens with zero attached hydrogens (tertiary/aromatic N) is 2. The number of amides is 1. The highest BCUT2D eigenvalue weighted by molar-refractivity contribution is 7.99. The smallest absolute Gasteiger partial charge is 0.325 e. The Labute approximate surface area is 172 Å². The summed E-state index contributed by atoms with van der Waals surface area (Å²) >= 11 is 2.95. The van der Waals surface area contributed by atoms with Crippen LogP contribution in [0.25, 0.3) is 10.2 Å². The molecule has 28 heavy (non-hydrogen) atoms. The second kappa shape index (κ2) is 9.21. The van der Waals surface area contributed by atoms with Crippen molar-refractivity contribution in [2.75, 3.05) is 12.9 Å². The fourth-order valence-electron chi connectivity index (χ4n) is 2.72. The van der Waals surface area contributed by atoms with Gasteiger partial charge in [-0.15, -0.1) is 11.8 Å². The number of fused-ring (bicyclic) bond motifs is 1. The molecular weight excluding hydrogens is 392 g/mol. The van der Waals surface area contributed by atoms with E-state index in [1.165, 1.54) is 35.8 Å². The molecule has 0 aliphatic rings.